The third kappa shape index (κ3) is 4.72. The van der Waals surface area contributed by atoms with Gasteiger partial charge in [-0.15, -0.1) is 0 Å². The van der Waals surface area contributed by atoms with E-state index in [1.165, 1.54) is 11.3 Å². The summed E-state index contributed by atoms with van der Waals surface area (Å²) in [5.41, 5.74) is 1.85. The summed E-state index contributed by atoms with van der Waals surface area (Å²) in [6.45, 7) is 0. The quantitative estimate of drug-likeness (QED) is 0.672. The Kier molecular flexibility index (Phi) is 6.08. The Morgan fingerprint density at radius 3 is 2.69 bits per heavy atom. The molecule has 1 fully saturated rings. The first-order valence-corrected chi connectivity index (χ1v) is 9.38. The minimum Gasteiger partial charge on any atom is -0.481 e. The number of amides is 1. The van der Waals surface area contributed by atoms with E-state index in [4.69, 9.17) is 9.76 Å². The smallest absolute Gasteiger partial charge is 0.478 e. The summed E-state index contributed by atoms with van der Waals surface area (Å²) in [5, 5.41) is 26.0. The lowest BCUT2D eigenvalue weighted by Crippen LogP contribution is -2.55. The molecule has 1 amide bonds. The summed E-state index contributed by atoms with van der Waals surface area (Å²) in [4.78, 5) is 23.4. The van der Waals surface area contributed by atoms with Crippen molar-refractivity contribution in [2.24, 2.45) is 0 Å². The van der Waals surface area contributed by atoms with Crippen molar-refractivity contribution in [2.75, 3.05) is 0 Å². The van der Waals surface area contributed by atoms with Gasteiger partial charge >= 0.3 is 13.1 Å². The maximum Gasteiger partial charge on any atom is 0.478 e. The molecule has 0 radical (unpaired) electrons. The number of benzene rings is 1. The Hall–Kier alpha value is -2.16. The van der Waals surface area contributed by atoms with Crippen molar-refractivity contribution in [1.82, 2.24) is 5.32 Å². The van der Waals surface area contributed by atoms with Gasteiger partial charge in [-0.3, -0.25) is 9.59 Å². The van der Waals surface area contributed by atoms with Crippen molar-refractivity contribution in [1.29, 1.82) is 0 Å². The third-order valence-corrected chi connectivity index (χ3v) is 5.24. The van der Waals surface area contributed by atoms with Crippen molar-refractivity contribution in [3.8, 4) is 0 Å². The minimum atomic E-state index is -1.23. The van der Waals surface area contributed by atoms with Crippen molar-refractivity contribution < 1.29 is 24.4 Å². The highest BCUT2D eigenvalue weighted by molar-refractivity contribution is 7.08. The number of hydrogen-bond acceptors (Lipinski definition) is 5. The highest BCUT2D eigenvalue weighted by Gasteiger charge is 2.42. The van der Waals surface area contributed by atoms with Crippen LogP contribution in [0, 0.1) is 0 Å². The molecule has 6 nitrogen and oxygen atoms in total. The lowest BCUT2D eigenvalue weighted by Gasteiger charge is -2.37. The fourth-order valence-electron chi connectivity index (χ4n) is 3.29. The summed E-state index contributed by atoms with van der Waals surface area (Å²) in [6.07, 6.45) is -0.193. The zero-order valence-corrected chi connectivity index (χ0v) is 14.9. The molecule has 3 atom stereocenters. The SMILES string of the molecule is O=C(O)CC1OB(O)C(NC(=O)Cc2ccsc2)CC1c1ccccc1. The molecular formula is C18H20BNO5S. The number of hydrogen-bond donors (Lipinski definition) is 3. The minimum absolute atomic E-state index is 0.195. The second kappa shape index (κ2) is 8.48. The van der Waals surface area contributed by atoms with Crippen LogP contribution in [0.25, 0.3) is 0 Å². The number of carbonyl (C=O) groups excluding carboxylic acids is 1. The van der Waals surface area contributed by atoms with E-state index in [9.17, 15) is 14.6 Å². The molecule has 0 spiro atoms. The lowest BCUT2D eigenvalue weighted by molar-refractivity contribution is -0.139. The molecule has 3 unspecified atom stereocenters. The van der Waals surface area contributed by atoms with Crippen molar-refractivity contribution in [3.63, 3.8) is 0 Å². The van der Waals surface area contributed by atoms with Crippen molar-refractivity contribution in [2.45, 2.75) is 37.2 Å². The Balaban J connectivity index is 1.71. The zero-order valence-electron chi connectivity index (χ0n) is 14.1. The average molecular weight is 373 g/mol. The largest absolute Gasteiger partial charge is 0.481 e. The number of aliphatic carboxylic acids is 1. The van der Waals surface area contributed by atoms with Gasteiger partial charge in [-0.25, -0.2) is 0 Å². The van der Waals surface area contributed by atoms with Crippen LogP contribution in [-0.2, 0) is 20.7 Å². The Bertz CT molecular complexity index is 739. The van der Waals surface area contributed by atoms with E-state index in [1.54, 1.807) is 0 Å². The van der Waals surface area contributed by atoms with Gasteiger partial charge in [0.2, 0.25) is 5.91 Å². The zero-order chi connectivity index (χ0) is 18.5. The van der Waals surface area contributed by atoms with Crippen LogP contribution in [0.2, 0.25) is 0 Å². The monoisotopic (exact) mass is 373 g/mol. The van der Waals surface area contributed by atoms with E-state index < -0.39 is 25.1 Å². The summed E-state index contributed by atoms with van der Waals surface area (Å²) < 4.78 is 5.57. The lowest BCUT2D eigenvalue weighted by atomic mass is 9.67. The molecule has 1 aromatic carbocycles. The molecule has 3 rings (SSSR count). The number of thiophene rings is 1. The predicted molar refractivity (Wildman–Crippen MR) is 98.9 cm³/mol. The molecular weight excluding hydrogens is 353 g/mol. The first kappa shape index (κ1) is 18.6. The molecule has 3 N–H and O–H groups in total. The number of rotatable bonds is 6. The van der Waals surface area contributed by atoms with Crippen molar-refractivity contribution >= 4 is 30.3 Å². The maximum atomic E-state index is 12.3. The van der Waals surface area contributed by atoms with E-state index in [2.05, 4.69) is 5.32 Å². The van der Waals surface area contributed by atoms with Gasteiger partial charge in [0.25, 0.3) is 0 Å². The molecule has 2 aromatic rings. The third-order valence-electron chi connectivity index (χ3n) is 4.51. The first-order valence-electron chi connectivity index (χ1n) is 8.43. The van der Waals surface area contributed by atoms with Crippen LogP contribution in [0.1, 0.15) is 29.9 Å². The van der Waals surface area contributed by atoms with Crippen LogP contribution in [0.3, 0.4) is 0 Å². The molecule has 0 saturated carbocycles. The van der Waals surface area contributed by atoms with Gasteiger partial charge < -0.3 is 20.1 Å². The second-order valence-electron chi connectivity index (χ2n) is 6.40. The van der Waals surface area contributed by atoms with Crippen molar-refractivity contribution in [3.05, 3.63) is 58.3 Å². The second-order valence-corrected chi connectivity index (χ2v) is 7.18. The average Bonchev–Trinajstić information content (AvgIpc) is 3.10. The molecule has 2 heterocycles. The number of carbonyl (C=O) groups is 2. The Morgan fingerprint density at radius 1 is 1.27 bits per heavy atom. The van der Waals surface area contributed by atoms with E-state index in [1.807, 2.05) is 47.2 Å². The molecule has 1 aromatic heterocycles. The molecule has 1 aliphatic heterocycles. The van der Waals surface area contributed by atoms with E-state index in [0.717, 1.165) is 11.1 Å². The number of carboxylic acid groups (broad SMARTS) is 1. The number of carboxylic acids is 1. The normalized spacial score (nSPS) is 22.8. The molecule has 0 bridgehead atoms. The topological polar surface area (TPSA) is 95.9 Å². The highest BCUT2D eigenvalue weighted by Crippen LogP contribution is 2.33. The van der Waals surface area contributed by atoms with Gasteiger partial charge in [-0.1, -0.05) is 30.3 Å². The summed E-state index contributed by atoms with van der Waals surface area (Å²) >= 11 is 1.52. The van der Waals surface area contributed by atoms with Gasteiger partial charge in [-0.05, 0) is 34.4 Å². The molecule has 8 heteroatoms. The molecule has 1 saturated heterocycles. The molecule has 1 aliphatic rings. The maximum absolute atomic E-state index is 12.3. The molecule has 136 valence electrons. The molecule has 0 aliphatic carbocycles. The van der Waals surface area contributed by atoms with Gasteiger partial charge in [-0.2, -0.15) is 11.3 Å². The van der Waals surface area contributed by atoms with Crippen LogP contribution in [0.4, 0.5) is 0 Å². The summed E-state index contributed by atoms with van der Waals surface area (Å²) in [5.74, 6) is -1.99. The number of nitrogens with one attached hydrogen (secondary N) is 1. The highest BCUT2D eigenvalue weighted by atomic mass is 32.1. The van der Waals surface area contributed by atoms with Gasteiger partial charge in [0.1, 0.15) is 0 Å². The first-order chi connectivity index (χ1) is 12.5. The van der Waals surface area contributed by atoms with E-state index in [0.29, 0.717) is 6.42 Å². The fourth-order valence-corrected chi connectivity index (χ4v) is 3.96. The van der Waals surface area contributed by atoms with Crippen LogP contribution >= 0.6 is 11.3 Å². The van der Waals surface area contributed by atoms with E-state index in [-0.39, 0.29) is 24.7 Å². The predicted octanol–water partition coefficient (Wildman–Crippen LogP) is 1.84. The molecule has 26 heavy (non-hydrogen) atoms. The Labute approximate surface area is 156 Å². The van der Waals surface area contributed by atoms with Crippen LogP contribution in [0.5, 0.6) is 0 Å². The fraction of sp³-hybridized carbons (Fsp3) is 0.333. The summed E-state index contributed by atoms with van der Waals surface area (Å²) in [6, 6.07) is 11.3. The Morgan fingerprint density at radius 2 is 2.04 bits per heavy atom. The van der Waals surface area contributed by atoms with Gasteiger partial charge in [0.15, 0.2) is 0 Å². The van der Waals surface area contributed by atoms with Gasteiger partial charge in [0, 0.05) is 5.92 Å². The standard InChI is InChI=1S/C18H20BNO5S/c21-17(8-12-6-7-26-11-12)20-16-9-14(13-4-2-1-3-5-13)15(10-18(22)23)25-19(16)24/h1-7,11,14-16,24H,8-10H2,(H,20,21)(H,22,23). The van der Waals surface area contributed by atoms with Crippen LogP contribution in [0.15, 0.2) is 47.2 Å². The van der Waals surface area contributed by atoms with E-state index >= 15 is 0 Å². The van der Waals surface area contributed by atoms with Crippen LogP contribution < -0.4 is 5.32 Å². The van der Waals surface area contributed by atoms with Crippen LogP contribution in [-0.4, -0.2) is 41.2 Å². The van der Waals surface area contributed by atoms with Gasteiger partial charge in [0.05, 0.1) is 24.9 Å². The summed E-state index contributed by atoms with van der Waals surface area (Å²) in [7, 11) is -1.23.